The van der Waals surface area contributed by atoms with Crippen molar-refractivity contribution in [2.45, 2.75) is 46.9 Å². The van der Waals surface area contributed by atoms with Gasteiger partial charge in [-0.15, -0.1) is 11.3 Å². The number of thiophene rings is 1. The number of allylic oxidation sites excluding steroid dienone is 1. The summed E-state index contributed by atoms with van der Waals surface area (Å²) >= 11 is 1.03. The lowest BCUT2D eigenvalue weighted by Crippen LogP contribution is -2.36. The highest BCUT2D eigenvalue weighted by Crippen LogP contribution is 2.37. The Kier molecular flexibility index (Phi) is 7.54. The van der Waals surface area contributed by atoms with Crippen molar-refractivity contribution in [1.82, 2.24) is 0 Å². The maximum Gasteiger partial charge on any atom is 0.184 e. The van der Waals surface area contributed by atoms with Gasteiger partial charge in [0.25, 0.3) is 0 Å². The smallest absolute Gasteiger partial charge is 0.184 e. The third-order valence-corrected chi connectivity index (χ3v) is 10.2. The molecular formula is C23H32N2O4S3. The van der Waals surface area contributed by atoms with Crippen molar-refractivity contribution < 1.29 is 17.4 Å². The Morgan fingerprint density at radius 2 is 1.91 bits per heavy atom. The molecule has 0 bridgehead atoms. The van der Waals surface area contributed by atoms with Crippen molar-refractivity contribution in [3.05, 3.63) is 42.6 Å². The number of nitrogens with two attached hydrogens (primary N) is 1. The minimum absolute atomic E-state index is 0.141. The lowest BCUT2D eigenvalue weighted by molar-refractivity contribution is 0.0684. The van der Waals surface area contributed by atoms with E-state index in [-0.39, 0.29) is 9.62 Å². The fourth-order valence-electron chi connectivity index (χ4n) is 3.56. The molecule has 1 saturated heterocycles. The quantitative estimate of drug-likeness (QED) is 0.559. The van der Waals surface area contributed by atoms with E-state index in [0.717, 1.165) is 61.6 Å². The molecule has 2 aromatic rings. The molecule has 1 fully saturated rings. The first-order valence-corrected chi connectivity index (χ1v) is 14.4. The van der Waals surface area contributed by atoms with Crippen molar-refractivity contribution in [2.24, 2.45) is 11.3 Å². The zero-order valence-electron chi connectivity index (χ0n) is 19.1. The summed E-state index contributed by atoms with van der Waals surface area (Å²) in [6.07, 6.45) is 3.14. The van der Waals surface area contributed by atoms with E-state index in [2.05, 4.69) is 32.3 Å². The first kappa shape index (κ1) is 25.0. The first-order chi connectivity index (χ1) is 14.9. The van der Waals surface area contributed by atoms with Crippen LogP contribution in [-0.2, 0) is 25.4 Å². The van der Waals surface area contributed by atoms with Gasteiger partial charge in [-0.1, -0.05) is 27.4 Å². The maximum atomic E-state index is 13.1. The number of ether oxygens (including phenoxy) is 1. The number of sulfone groups is 1. The summed E-state index contributed by atoms with van der Waals surface area (Å²) < 4.78 is 42.8. The molecule has 2 N–H and O–H groups in total. The Balaban J connectivity index is 1.91. The molecule has 176 valence electrons. The van der Waals surface area contributed by atoms with Crippen LogP contribution in [0.1, 0.15) is 33.6 Å². The first-order valence-electron chi connectivity index (χ1n) is 10.5. The Labute approximate surface area is 197 Å². The van der Waals surface area contributed by atoms with E-state index >= 15 is 0 Å². The summed E-state index contributed by atoms with van der Waals surface area (Å²) in [6, 6.07) is 8.50. The molecule has 0 amide bonds. The van der Waals surface area contributed by atoms with Crippen LogP contribution in [0.5, 0.6) is 0 Å². The van der Waals surface area contributed by atoms with Crippen LogP contribution >= 0.6 is 11.3 Å². The van der Waals surface area contributed by atoms with E-state index in [0.29, 0.717) is 20.7 Å². The van der Waals surface area contributed by atoms with E-state index in [9.17, 15) is 12.6 Å². The van der Waals surface area contributed by atoms with Crippen LogP contribution in [0.2, 0.25) is 0 Å². The number of anilines is 2. The molecule has 9 heteroatoms. The van der Waals surface area contributed by atoms with Gasteiger partial charge in [0.2, 0.25) is 0 Å². The van der Waals surface area contributed by atoms with Crippen LogP contribution in [0.3, 0.4) is 0 Å². The van der Waals surface area contributed by atoms with Crippen molar-refractivity contribution in [1.29, 1.82) is 0 Å². The molecule has 0 spiro atoms. The van der Waals surface area contributed by atoms with Crippen molar-refractivity contribution in [3.63, 3.8) is 0 Å². The Morgan fingerprint density at radius 3 is 2.44 bits per heavy atom. The van der Waals surface area contributed by atoms with Crippen LogP contribution in [0, 0.1) is 11.3 Å². The molecular weight excluding hydrogens is 464 g/mol. The topological polar surface area (TPSA) is 89.7 Å². The van der Waals surface area contributed by atoms with Gasteiger partial charge >= 0.3 is 0 Å². The third-order valence-electron chi connectivity index (χ3n) is 5.58. The average Bonchev–Trinajstić information content (AvgIpc) is 3.22. The molecule has 1 aliphatic rings. The van der Waals surface area contributed by atoms with Gasteiger partial charge in [0, 0.05) is 42.0 Å². The molecule has 1 aromatic heterocycles. The number of rotatable bonds is 7. The zero-order valence-corrected chi connectivity index (χ0v) is 21.5. The molecule has 0 radical (unpaired) electrons. The average molecular weight is 497 g/mol. The van der Waals surface area contributed by atoms with E-state index in [4.69, 9.17) is 10.5 Å². The molecule has 0 saturated carbocycles. The highest BCUT2D eigenvalue weighted by atomic mass is 32.2. The van der Waals surface area contributed by atoms with Gasteiger partial charge in [-0.2, -0.15) is 0 Å². The monoisotopic (exact) mass is 496 g/mol. The summed E-state index contributed by atoms with van der Waals surface area (Å²) in [6.45, 7) is 13.1. The van der Waals surface area contributed by atoms with E-state index in [1.165, 1.54) is 6.07 Å². The molecule has 32 heavy (non-hydrogen) atoms. The molecule has 0 aliphatic carbocycles. The zero-order chi connectivity index (χ0) is 23.7. The highest BCUT2D eigenvalue weighted by molar-refractivity contribution is 7.93. The van der Waals surface area contributed by atoms with Crippen molar-refractivity contribution in [3.8, 4) is 0 Å². The number of hydrogen-bond acceptors (Lipinski definition) is 7. The number of hydrogen-bond donors (Lipinski definition) is 1. The standard InChI is InChI=1S/C23H32N2O4S3/c1-16(23(2,3)4)25(15-17-10-12-29-13-11-17)20-7-6-18(14-19(20)24)31(26)21-8-9-22(30-21)32(5,27)28/h6-9,14,17H,1,10-13,15,24H2,2-5H3. The summed E-state index contributed by atoms with van der Waals surface area (Å²) in [5.74, 6) is 0.483. The second kappa shape index (κ2) is 9.67. The highest BCUT2D eigenvalue weighted by Gasteiger charge is 2.27. The minimum Gasteiger partial charge on any atom is -0.397 e. The van der Waals surface area contributed by atoms with Crippen LogP contribution in [-0.4, -0.2) is 38.6 Å². The maximum absolute atomic E-state index is 13.1. The van der Waals surface area contributed by atoms with Gasteiger partial charge in [0.15, 0.2) is 9.84 Å². The van der Waals surface area contributed by atoms with Crippen molar-refractivity contribution in [2.75, 3.05) is 36.6 Å². The number of benzene rings is 1. The van der Waals surface area contributed by atoms with E-state index in [1.807, 2.05) is 6.07 Å². The molecule has 6 nitrogen and oxygen atoms in total. The third kappa shape index (κ3) is 5.81. The largest absolute Gasteiger partial charge is 0.397 e. The summed E-state index contributed by atoms with van der Waals surface area (Å²) in [4.78, 5) is 2.73. The SMILES string of the molecule is C=C(N(CC1CCOCC1)c1ccc(S(=O)c2ccc(S(C)(=O)=O)s2)cc1N)C(C)(C)C. The van der Waals surface area contributed by atoms with Crippen LogP contribution < -0.4 is 10.6 Å². The Morgan fingerprint density at radius 1 is 1.25 bits per heavy atom. The van der Waals surface area contributed by atoms with Gasteiger partial charge < -0.3 is 15.4 Å². The Hall–Kier alpha value is -1.68. The second-order valence-electron chi connectivity index (χ2n) is 9.20. The summed E-state index contributed by atoms with van der Waals surface area (Å²) in [5.41, 5.74) is 8.67. The minimum atomic E-state index is -3.33. The lowest BCUT2D eigenvalue weighted by Gasteiger charge is -2.38. The Bertz CT molecular complexity index is 1110. The fourth-order valence-corrected chi connectivity index (χ4v) is 7.09. The van der Waals surface area contributed by atoms with Crippen LogP contribution in [0.15, 0.2) is 55.9 Å². The van der Waals surface area contributed by atoms with E-state index < -0.39 is 20.6 Å². The molecule has 3 rings (SSSR count). The van der Waals surface area contributed by atoms with Crippen LogP contribution in [0.25, 0.3) is 0 Å². The second-order valence-corrected chi connectivity index (χ2v) is 14.2. The summed E-state index contributed by atoms with van der Waals surface area (Å²) in [5, 5.41) is 0. The molecule has 1 aliphatic heterocycles. The fraction of sp³-hybridized carbons (Fsp3) is 0.478. The van der Waals surface area contributed by atoms with Gasteiger partial charge in [0.1, 0.15) is 4.21 Å². The van der Waals surface area contributed by atoms with Crippen molar-refractivity contribution >= 4 is 43.3 Å². The number of nitrogens with zero attached hydrogens (tertiary/aromatic N) is 1. The predicted octanol–water partition coefficient (Wildman–Crippen LogP) is 4.69. The van der Waals surface area contributed by atoms with E-state index in [1.54, 1.807) is 18.2 Å². The van der Waals surface area contributed by atoms with Crippen LogP contribution in [0.4, 0.5) is 11.4 Å². The molecule has 1 aromatic carbocycles. The van der Waals surface area contributed by atoms with Gasteiger partial charge in [-0.05, 0) is 49.1 Å². The van der Waals surface area contributed by atoms with Gasteiger partial charge in [0.05, 0.1) is 26.4 Å². The normalized spacial score (nSPS) is 16.6. The lowest BCUT2D eigenvalue weighted by atomic mass is 9.90. The summed E-state index contributed by atoms with van der Waals surface area (Å²) in [7, 11) is -4.84. The molecule has 2 heterocycles. The van der Waals surface area contributed by atoms with Gasteiger partial charge in [-0.3, -0.25) is 0 Å². The predicted molar refractivity (Wildman–Crippen MR) is 132 cm³/mol. The number of nitrogen functional groups attached to an aromatic ring is 1. The molecule has 1 unspecified atom stereocenters. The molecule has 1 atom stereocenters. The van der Waals surface area contributed by atoms with Gasteiger partial charge in [-0.25, -0.2) is 12.6 Å².